The van der Waals surface area contributed by atoms with Gasteiger partial charge < -0.3 is 4.98 Å². The van der Waals surface area contributed by atoms with Crippen LogP contribution in [0.1, 0.15) is 10.5 Å². The first kappa shape index (κ1) is 7.93. The fourth-order valence-corrected chi connectivity index (χ4v) is 1.35. The monoisotopic (exact) mass is 194 g/mol. The molecule has 0 atom stereocenters. The standard InChI is InChI=1S/C7H6N4OS/c12-6(5-3-8-4-10-5)11-7-9-1-2-13-7/h1-4H,(H,8,10)(H,9,11,12). The summed E-state index contributed by atoms with van der Waals surface area (Å²) in [5, 5.41) is 5.00. The first-order valence-corrected chi connectivity index (χ1v) is 4.43. The first-order valence-electron chi connectivity index (χ1n) is 3.55. The minimum atomic E-state index is -0.229. The van der Waals surface area contributed by atoms with Gasteiger partial charge in [-0.25, -0.2) is 9.97 Å². The molecule has 0 saturated heterocycles. The first-order chi connectivity index (χ1) is 6.36. The van der Waals surface area contributed by atoms with E-state index in [2.05, 4.69) is 20.3 Å². The highest BCUT2D eigenvalue weighted by molar-refractivity contribution is 7.13. The molecule has 0 spiro atoms. The van der Waals surface area contributed by atoms with Gasteiger partial charge in [0.2, 0.25) is 0 Å². The smallest absolute Gasteiger partial charge is 0.275 e. The Labute approximate surface area is 77.9 Å². The fourth-order valence-electron chi connectivity index (χ4n) is 0.830. The van der Waals surface area contributed by atoms with Crippen LogP contribution in [0.3, 0.4) is 0 Å². The number of amides is 1. The van der Waals surface area contributed by atoms with Crippen molar-refractivity contribution in [1.82, 2.24) is 15.0 Å². The van der Waals surface area contributed by atoms with Crippen LogP contribution in [0.4, 0.5) is 5.13 Å². The van der Waals surface area contributed by atoms with Gasteiger partial charge in [-0.15, -0.1) is 11.3 Å². The summed E-state index contributed by atoms with van der Waals surface area (Å²) in [7, 11) is 0. The molecule has 2 aromatic heterocycles. The summed E-state index contributed by atoms with van der Waals surface area (Å²) in [5.41, 5.74) is 0.426. The zero-order chi connectivity index (χ0) is 9.10. The van der Waals surface area contributed by atoms with E-state index in [1.807, 2.05) is 0 Å². The Morgan fingerprint density at radius 1 is 1.62 bits per heavy atom. The minimum absolute atomic E-state index is 0.229. The van der Waals surface area contributed by atoms with Gasteiger partial charge in [-0.2, -0.15) is 0 Å². The number of nitrogens with one attached hydrogen (secondary N) is 2. The van der Waals surface area contributed by atoms with E-state index < -0.39 is 0 Å². The Kier molecular flexibility index (Phi) is 2.05. The summed E-state index contributed by atoms with van der Waals surface area (Å²) in [6.07, 6.45) is 4.55. The van der Waals surface area contributed by atoms with Crippen molar-refractivity contribution >= 4 is 22.4 Å². The predicted molar refractivity (Wildman–Crippen MR) is 48.7 cm³/mol. The van der Waals surface area contributed by atoms with Gasteiger partial charge in [0.05, 0.1) is 12.5 Å². The zero-order valence-corrected chi connectivity index (χ0v) is 7.34. The maximum atomic E-state index is 11.4. The maximum absolute atomic E-state index is 11.4. The Balaban J connectivity index is 2.08. The largest absolute Gasteiger partial charge is 0.341 e. The third kappa shape index (κ3) is 1.73. The van der Waals surface area contributed by atoms with Gasteiger partial charge in [-0.3, -0.25) is 10.1 Å². The molecular formula is C7H6N4OS. The summed E-state index contributed by atoms with van der Waals surface area (Å²) >= 11 is 1.37. The molecule has 0 bridgehead atoms. The van der Waals surface area contributed by atoms with E-state index in [1.165, 1.54) is 23.9 Å². The number of carbonyl (C=O) groups excluding carboxylic acids is 1. The molecule has 66 valence electrons. The molecule has 2 rings (SSSR count). The number of carbonyl (C=O) groups is 1. The third-order valence-corrected chi connectivity index (χ3v) is 2.08. The van der Waals surface area contributed by atoms with E-state index in [0.717, 1.165) is 0 Å². The summed E-state index contributed by atoms with van der Waals surface area (Å²) in [5.74, 6) is -0.229. The lowest BCUT2D eigenvalue weighted by atomic mass is 10.4. The molecule has 13 heavy (non-hydrogen) atoms. The number of anilines is 1. The molecule has 0 radical (unpaired) electrons. The quantitative estimate of drug-likeness (QED) is 0.752. The Morgan fingerprint density at radius 2 is 2.54 bits per heavy atom. The number of aromatic amines is 1. The van der Waals surface area contributed by atoms with Crippen LogP contribution in [-0.4, -0.2) is 20.9 Å². The van der Waals surface area contributed by atoms with Gasteiger partial charge >= 0.3 is 0 Å². The van der Waals surface area contributed by atoms with Crippen molar-refractivity contribution in [3.05, 3.63) is 29.8 Å². The number of hydrogen-bond donors (Lipinski definition) is 2. The van der Waals surface area contributed by atoms with Gasteiger partial charge in [0.1, 0.15) is 5.69 Å². The van der Waals surface area contributed by atoms with Crippen LogP contribution in [-0.2, 0) is 0 Å². The Hall–Kier alpha value is -1.69. The molecule has 1 amide bonds. The topological polar surface area (TPSA) is 70.7 Å². The van der Waals surface area contributed by atoms with Gasteiger partial charge in [0.25, 0.3) is 5.91 Å². The van der Waals surface area contributed by atoms with E-state index in [0.29, 0.717) is 10.8 Å². The third-order valence-electron chi connectivity index (χ3n) is 1.40. The number of nitrogens with zero attached hydrogens (tertiary/aromatic N) is 2. The second-order valence-corrected chi connectivity index (χ2v) is 3.15. The van der Waals surface area contributed by atoms with Crippen LogP contribution in [0.5, 0.6) is 0 Å². The van der Waals surface area contributed by atoms with E-state index in [9.17, 15) is 4.79 Å². The lowest BCUT2D eigenvalue weighted by Gasteiger charge is -1.96. The summed E-state index contributed by atoms with van der Waals surface area (Å²) in [4.78, 5) is 21.7. The molecule has 2 heterocycles. The molecule has 5 nitrogen and oxygen atoms in total. The number of H-pyrrole nitrogens is 1. The zero-order valence-electron chi connectivity index (χ0n) is 6.52. The van der Waals surface area contributed by atoms with E-state index in [-0.39, 0.29) is 5.91 Å². The van der Waals surface area contributed by atoms with E-state index >= 15 is 0 Å². The van der Waals surface area contributed by atoms with Crippen LogP contribution in [0.2, 0.25) is 0 Å². The molecule has 0 saturated carbocycles. The number of aromatic nitrogens is 3. The van der Waals surface area contributed by atoms with E-state index in [4.69, 9.17) is 0 Å². The van der Waals surface area contributed by atoms with Crippen LogP contribution < -0.4 is 5.32 Å². The molecule has 0 aromatic carbocycles. The fraction of sp³-hybridized carbons (Fsp3) is 0. The maximum Gasteiger partial charge on any atom is 0.275 e. The van der Waals surface area contributed by atoms with Crippen LogP contribution in [0.15, 0.2) is 24.1 Å². The molecule has 2 N–H and O–H groups in total. The van der Waals surface area contributed by atoms with Crippen molar-refractivity contribution in [1.29, 1.82) is 0 Å². The Bertz CT molecular complexity index is 381. The Morgan fingerprint density at radius 3 is 3.15 bits per heavy atom. The SMILES string of the molecule is O=C(Nc1nccs1)c1cnc[nH]1. The number of thiazole rings is 1. The van der Waals surface area contributed by atoms with Gasteiger partial charge in [-0.05, 0) is 0 Å². The lowest BCUT2D eigenvalue weighted by molar-refractivity contribution is 0.102. The predicted octanol–water partition coefficient (Wildman–Crippen LogP) is 1.12. The summed E-state index contributed by atoms with van der Waals surface area (Å²) < 4.78 is 0. The van der Waals surface area contributed by atoms with Crippen LogP contribution in [0, 0.1) is 0 Å². The van der Waals surface area contributed by atoms with Crippen molar-refractivity contribution in [2.24, 2.45) is 0 Å². The highest BCUT2D eigenvalue weighted by Gasteiger charge is 2.07. The van der Waals surface area contributed by atoms with Crippen molar-refractivity contribution in [3.8, 4) is 0 Å². The van der Waals surface area contributed by atoms with Gasteiger partial charge in [0.15, 0.2) is 5.13 Å². The lowest BCUT2D eigenvalue weighted by Crippen LogP contribution is -2.11. The average molecular weight is 194 g/mol. The molecule has 0 aliphatic carbocycles. The summed E-state index contributed by atoms with van der Waals surface area (Å²) in [6, 6.07) is 0. The van der Waals surface area contributed by atoms with Gasteiger partial charge in [0, 0.05) is 11.6 Å². The highest BCUT2D eigenvalue weighted by atomic mass is 32.1. The molecule has 0 aliphatic heterocycles. The number of rotatable bonds is 2. The molecule has 0 fully saturated rings. The average Bonchev–Trinajstić information content (AvgIpc) is 2.74. The second-order valence-electron chi connectivity index (χ2n) is 2.26. The van der Waals surface area contributed by atoms with Crippen molar-refractivity contribution < 1.29 is 4.79 Å². The van der Waals surface area contributed by atoms with Crippen LogP contribution >= 0.6 is 11.3 Å². The molecule has 0 aliphatic rings. The summed E-state index contributed by atoms with van der Waals surface area (Å²) in [6.45, 7) is 0. The van der Waals surface area contributed by atoms with E-state index in [1.54, 1.807) is 11.6 Å². The van der Waals surface area contributed by atoms with Crippen molar-refractivity contribution in [2.75, 3.05) is 5.32 Å². The van der Waals surface area contributed by atoms with Crippen molar-refractivity contribution in [3.63, 3.8) is 0 Å². The van der Waals surface area contributed by atoms with Crippen molar-refractivity contribution in [2.45, 2.75) is 0 Å². The normalized spacial score (nSPS) is 9.85. The van der Waals surface area contributed by atoms with Gasteiger partial charge in [-0.1, -0.05) is 0 Å². The molecule has 0 unspecified atom stereocenters. The minimum Gasteiger partial charge on any atom is -0.341 e. The molecular weight excluding hydrogens is 188 g/mol. The molecule has 6 heteroatoms. The highest BCUT2D eigenvalue weighted by Crippen LogP contribution is 2.10. The number of hydrogen-bond acceptors (Lipinski definition) is 4. The second kappa shape index (κ2) is 3.36. The van der Waals surface area contributed by atoms with Crippen LogP contribution in [0.25, 0.3) is 0 Å². The number of imidazole rings is 1. The molecule has 2 aromatic rings.